The first-order valence-electron chi connectivity index (χ1n) is 8.57. The van der Waals surface area contributed by atoms with Gasteiger partial charge in [-0.15, -0.1) is 0 Å². The smallest absolute Gasteiger partial charge is 0.262 e. The van der Waals surface area contributed by atoms with E-state index >= 15 is 0 Å². The van der Waals surface area contributed by atoms with Crippen molar-refractivity contribution in [1.29, 1.82) is 0 Å². The van der Waals surface area contributed by atoms with E-state index in [9.17, 15) is 4.79 Å². The summed E-state index contributed by atoms with van der Waals surface area (Å²) in [6.45, 7) is 0. The van der Waals surface area contributed by atoms with Crippen molar-refractivity contribution in [1.82, 2.24) is 19.7 Å². The lowest BCUT2D eigenvalue weighted by Crippen LogP contribution is -2.09. The average Bonchev–Trinajstić information content (AvgIpc) is 3.17. The van der Waals surface area contributed by atoms with Crippen LogP contribution in [0.4, 0.5) is 0 Å². The molecule has 0 atom stereocenters. The molecule has 2 aromatic carbocycles. The number of nitrogens with zero attached hydrogens (tertiary/aromatic N) is 3. The molecule has 0 radical (unpaired) electrons. The summed E-state index contributed by atoms with van der Waals surface area (Å²) < 4.78 is 12.4. The fourth-order valence-electron chi connectivity index (χ4n) is 2.87. The Morgan fingerprint density at radius 1 is 1.11 bits per heavy atom. The van der Waals surface area contributed by atoms with Gasteiger partial charge in [-0.05, 0) is 30.3 Å². The summed E-state index contributed by atoms with van der Waals surface area (Å²) in [4.78, 5) is 19.9. The highest BCUT2D eigenvalue weighted by Gasteiger charge is 2.13. The first kappa shape index (κ1) is 18.1. The molecule has 2 heterocycles. The van der Waals surface area contributed by atoms with Crippen LogP contribution in [0.5, 0.6) is 11.5 Å². The molecular formula is C20H18N4O3S. The van der Waals surface area contributed by atoms with Gasteiger partial charge in [-0.1, -0.05) is 30.0 Å². The average molecular weight is 394 g/mol. The molecule has 0 saturated carbocycles. The molecule has 0 bridgehead atoms. The SMILES string of the molecule is COc1ccc(OC)c(CSc2nc3c(cnn3-c3ccccc3)c(=O)[nH]2)c1. The van der Waals surface area contributed by atoms with Gasteiger partial charge in [0.25, 0.3) is 5.56 Å². The Morgan fingerprint density at radius 2 is 1.93 bits per heavy atom. The second-order valence-electron chi connectivity index (χ2n) is 5.97. The van der Waals surface area contributed by atoms with Crippen LogP contribution in [0.15, 0.2) is 64.7 Å². The van der Waals surface area contributed by atoms with Gasteiger partial charge in [0.1, 0.15) is 16.9 Å². The van der Waals surface area contributed by atoms with E-state index in [0.29, 0.717) is 21.9 Å². The third kappa shape index (κ3) is 3.46. The number of para-hydroxylation sites is 1. The van der Waals surface area contributed by atoms with Gasteiger partial charge in [0.15, 0.2) is 10.8 Å². The van der Waals surface area contributed by atoms with E-state index in [2.05, 4.69) is 15.1 Å². The topological polar surface area (TPSA) is 82.0 Å². The molecule has 4 rings (SSSR count). The normalized spacial score (nSPS) is 10.9. The highest BCUT2D eigenvalue weighted by Crippen LogP contribution is 2.29. The fraction of sp³-hybridized carbons (Fsp3) is 0.150. The van der Waals surface area contributed by atoms with Crippen LogP contribution in [0.25, 0.3) is 16.7 Å². The molecule has 0 fully saturated rings. The molecule has 0 unspecified atom stereocenters. The Labute approximate surface area is 165 Å². The van der Waals surface area contributed by atoms with Crippen molar-refractivity contribution in [3.63, 3.8) is 0 Å². The van der Waals surface area contributed by atoms with Crippen LogP contribution in [-0.4, -0.2) is 34.0 Å². The van der Waals surface area contributed by atoms with Crippen LogP contribution >= 0.6 is 11.8 Å². The minimum absolute atomic E-state index is 0.215. The van der Waals surface area contributed by atoms with E-state index in [1.807, 2.05) is 48.5 Å². The monoisotopic (exact) mass is 394 g/mol. The number of rotatable bonds is 6. The Kier molecular flexibility index (Phi) is 5.03. The van der Waals surface area contributed by atoms with Gasteiger partial charge in [-0.3, -0.25) is 4.79 Å². The number of H-pyrrole nitrogens is 1. The lowest BCUT2D eigenvalue weighted by atomic mass is 10.2. The van der Waals surface area contributed by atoms with E-state index in [1.165, 1.54) is 18.0 Å². The molecular weight excluding hydrogens is 376 g/mol. The van der Waals surface area contributed by atoms with Crippen molar-refractivity contribution in [2.75, 3.05) is 14.2 Å². The second-order valence-corrected chi connectivity index (χ2v) is 6.93. The van der Waals surface area contributed by atoms with Gasteiger partial charge < -0.3 is 14.5 Å². The highest BCUT2D eigenvalue weighted by atomic mass is 32.2. The number of methoxy groups -OCH3 is 2. The summed E-state index contributed by atoms with van der Waals surface area (Å²) in [6.07, 6.45) is 1.54. The predicted octanol–water partition coefficient (Wildman–Crippen LogP) is 3.42. The minimum atomic E-state index is -0.215. The molecule has 1 N–H and O–H groups in total. The van der Waals surface area contributed by atoms with Crippen LogP contribution in [0, 0.1) is 0 Å². The van der Waals surface area contributed by atoms with Gasteiger partial charge in [-0.25, -0.2) is 9.67 Å². The zero-order valence-corrected chi connectivity index (χ0v) is 16.2. The Balaban J connectivity index is 1.68. The van der Waals surface area contributed by atoms with Gasteiger partial charge in [0.05, 0.1) is 26.1 Å². The van der Waals surface area contributed by atoms with Gasteiger partial charge in [0.2, 0.25) is 0 Å². The minimum Gasteiger partial charge on any atom is -0.497 e. The van der Waals surface area contributed by atoms with Gasteiger partial charge >= 0.3 is 0 Å². The van der Waals surface area contributed by atoms with E-state index in [4.69, 9.17) is 9.47 Å². The van der Waals surface area contributed by atoms with Crippen molar-refractivity contribution in [3.8, 4) is 17.2 Å². The molecule has 2 aromatic heterocycles. The highest BCUT2D eigenvalue weighted by molar-refractivity contribution is 7.98. The van der Waals surface area contributed by atoms with E-state index in [-0.39, 0.29) is 5.56 Å². The number of hydrogen-bond donors (Lipinski definition) is 1. The maximum Gasteiger partial charge on any atom is 0.262 e. The maximum absolute atomic E-state index is 12.5. The van der Waals surface area contributed by atoms with Crippen molar-refractivity contribution in [3.05, 3.63) is 70.6 Å². The third-order valence-electron chi connectivity index (χ3n) is 4.27. The first-order valence-corrected chi connectivity index (χ1v) is 9.55. The molecule has 0 saturated heterocycles. The molecule has 28 heavy (non-hydrogen) atoms. The van der Waals surface area contributed by atoms with Crippen LogP contribution < -0.4 is 15.0 Å². The number of nitrogens with one attached hydrogen (secondary N) is 1. The fourth-order valence-corrected chi connectivity index (χ4v) is 3.70. The molecule has 8 heteroatoms. The van der Waals surface area contributed by atoms with Crippen LogP contribution in [0.1, 0.15) is 5.56 Å². The van der Waals surface area contributed by atoms with Crippen molar-refractivity contribution in [2.24, 2.45) is 0 Å². The summed E-state index contributed by atoms with van der Waals surface area (Å²) in [6, 6.07) is 15.2. The summed E-state index contributed by atoms with van der Waals surface area (Å²) in [7, 11) is 3.25. The molecule has 0 aliphatic carbocycles. The second kappa shape index (κ2) is 7.77. The van der Waals surface area contributed by atoms with Gasteiger partial charge in [0, 0.05) is 11.3 Å². The van der Waals surface area contributed by atoms with E-state index in [1.54, 1.807) is 18.9 Å². The van der Waals surface area contributed by atoms with Crippen LogP contribution in [-0.2, 0) is 5.75 Å². The Bertz CT molecular complexity index is 1170. The molecule has 0 aliphatic rings. The molecule has 4 aromatic rings. The van der Waals surface area contributed by atoms with E-state index < -0.39 is 0 Å². The van der Waals surface area contributed by atoms with Crippen LogP contribution in [0.2, 0.25) is 0 Å². The molecule has 7 nitrogen and oxygen atoms in total. The number of fused-ring (bicyclic) bond motifs is 1. The summed E-state index contributed by atoms with van der Waals surface area (Å²) in [5.41, 5.74) is 2.11. The first-order chi connectivity index (χ1) is 13.7. The molecule has 0 amide bonds. The summed E-state index contributed by atoms with van der Waals surface area (Å²) in [5.74, 6) is 2.07. The number of benzene rings is 2. The largest absolute Gasteiger partial charge is 0.497 e. The molecule has 0 spiro atoms. The third-order valence-corrected chi connectivity index (χ3v) is 5.19. The Morgan fingerprint density at radius 3 is 2.68 bits per heavy atom. The standard InChI is InChI=1S/C20H18N4O3S/c1-26-15-8-9-17(27-2)13(10-15)12-28-20-22-18-16(19(25)23-20)11-21-24(18)14-6-4-3-5-7-14/h3-11H,12H2,1-2H3,(H,22,23,25). The number of hydrogen-bond acceptors (Lipinski definition) is 6. The summed E-state index contributed by atoms with van der Waals surface area (Å²) in [5, 5.41) is 5.29. The lowest BCUT2D eigenvalue weighted by Gasteiger charge is -2.10. The van der Waals surface area contributed by atoms with Crippen molar-refractivity contribution < 1.29 is 9.47 Å². The van der Waals surface area contributed by atoms with Gasteiger partial charge in [-0.2, -0.15) is 5.10 Å². The van der Waals surface area contributed by atoms with Crippen LogP contribution in [0.3, 0.4) is 0 Å². The molecule has 142 valence electrons. The zero-order chi connectivity index (χ0) is 19.5. The predicted molar refractivity (Wildman–Crippen MR) is 109 cm³/mol. The van der Waals surface area contributed by atoms with E-state index in [0.717, 1.165) is 22.7 Å². The number of aromatic nitrogens is 4. The molecule has 0 aliphatic heterocycles. The van der Waals surface area contributed by atoms with Crippen molar-refractivity contribution in [2.45, 2.75) is 10.9 Å². The van der Waals surface area contributed by atoms with Crippen molar-refractivity contribution >= 4 is 22.8 Å². The Hall–Kier alpha value is -3.26. The number of aromatic amines is 1. The number of thioether (sulfide) groups is 1. The quantitative estimate of drug-likeness (QED) is 0.399. The number of ether oxygens (including phenoxy) is 2. The summed E-state index contributed by atoms with van der Waals surface area (Å²) >= 11 is 1.42. The maximum atomic E-state index is 12.5. The lowest BCUT2D eigenvalue weighted by molar-refractivity contribution is 0.400. The zero-order valence-electron chi connectivity index (χ0n) is 15.4.